The van der Waals surface area contributed by atoms with Crippen LogP contribution in [-0.4, -0.2) is 43.5 Å². The predicted molar refractivity (Wildman–Crippen MR) is 111 cm³/mol. The van der Waals surface area contributed by atoms with Crippen LogP contribution in [0.25, 0.3) is 6.08 Å². The van der Waals surface area contributed by atoms with Crippen molar-refractivity contribution >= 4 is 33.6 Å². The molecule has 3 rings (SSSR count). The lowest BCUT2D eigenvalue weighted by atomic mass is 9.93. The molecular formula is C21H23N3O4S. The van der Waals surface area contributed by atoms with Crippen LogP contribution in [-0.2, 0) is 19.6 Å². The minimum atomic E-state index is -3.60. The van der Waals surface area contributed by atoms with E-state index in [9.17, 15) is 18.0 Å². The summed E-state index contributed by atoms with van der Waals surface area (Å²) in [6.07, 6.45) is 3.58. The summed E-state index contributed by atoms with van der Waals surface area (Å²) in [6, 6.07) is 13.3. The van der Waals surface area contributed by atoms with Crippen LogP contribution in [0.2, 0.25) is 0 Å². The number of carbonyl (C=O) groups is 2. The highest BCUT2D eigenvalue weighted by Gasteiger charge is 2.28. The molecule has 0 spiro atoms. The number of sulfonamides is 1. The van der Waals surface area contributed by atoms with E-state index in [-0.39, 0.29) is 23.1 Å². The number of hydrogen-bond donors (Lipinski definition) is 1. The first-order valence-corrected chi connectivity index (χ1v) is 10.5. The molecule has 0 saturated heterocycles. The summed E-state index contributed by atoms with van der Waals surface area (Å²) in [6.45, 7) is 1.46. The Kier molecular flexibility index (Phi) is 5.86. The molecule has 0 radical (unpaired) electrons. The monoisotopic (exact) mass is 413 g/mol. The maximum Gasteiger partial charge on any atom is 0.242 e. The van der Waals surface area contributed by atoms with Crippen molar-refractivity contribution in [3.8, 4) is 0 Å². The molecule has 8 heteroatoms. The van der Waals surface area contributed by atoms with Crippen LogP contribution < -0.4 is 5.32 Å². The lowest BCUT2D eigenvalue weighted by Crippen LogP contribution is -2.33. The lowest BCUT2D eigenvalue weighted by molar-refractivity contribution is -0.129. The number of hydrogen-bond acceptors (Lipinski definition) is 4. The molecule has 2 amide bonds. The molecule has 1 heterocycles. The molecule has 29 heavy (non-hydrogen) atoms. The number of nitrogens with zero attached hydrogens (tertiary/aromatic N) is 2. The molecule has 2 aromatic rings. The van der Waals surface area contributed by atoms with Crippen molar-refractivity contribution in [1.82, 2.24) is 9.21 Å². The fraction of sp³-hybridized carbons (Fsp3) is 0.238. The Morgan fingerprint density at radius 2 is 1.83 bits per heavy atom. The van der Waals surface area contributed by atoms with Crippen molar-refractivity contribution in [1.29, 1.82) is 0 Å². The molecule has 1 aliphatic heterocycles. The first-order valence-electron chi connectivity index (χ1n) is 9.08. The van der Waals surface area contributed by atoms with Gasteiger partial charge in [-0.3, -0.25) is 9.59 Å². The van der Waals surface area contributed by atoms with Gasteiger partial charge in [-0.2, -0.15) is 0 Å². The van der Waals surface area contributed by atoms with Crippen LogP contribution in [0.3, 0.4) is 0 Å². The van der Waals surface area contributed by atoms with E-state index in [1.807, 2.05) is 30.3 Å². The van der Waals surface area contributed by atoms with E-state index in [1.165, 1.54) is 38.1 Å². The number of anilines is 1. The molecule has 2 aromatic carbocycles. The van der Waals surface area contributed by atoms with Gasteiger partial charge in [0.2, 0.25) is 21.8 Å². The lowest BCUT2D eigenvalue weighted by Gasteiger charge is -2.32. The van der Waals surface area contributed by atoms with E-state index in [1.54, 1.807) is 18.3 Å². The van der Waals surface area contributed by atoms with Crippen molar-refractivity contribution in [3.63, 3.8) is 0 Å². The summed E-state index contributed by atoms with van der Waals surface area (Å²) in [5.74, 6) is -0.474. The van der Waals surface area contributed by atoms with Gasteiger partial charge in [0.05, 0.1) is 17.4 Å². The summed E-state index contributed by atoms with van der Waals surface area (Å²) in [5, 5.41) is 2.75. The molecule has 7 nitrogen and oxygen atoms in total. The molecule has 0 saturated carbocycles. The third-order valence-corrected chi connectivity index (χ3v) is 6.56. The van der Waals surface area contributed by atoms with Crippen molar-refractivity contribution in [2.75, 3.05) is 19.4 Å². The fourth-order valence-electron chi connectivity index (χ4n) is 3.25. The van der Waals surface area contributed by atoms with Crippen LogP contribution in [0.1, 0.15) is 30.5 Å². The van der Waals surface area contributed by atoms with E-state index in [4.69, 9.17) is 0 Å². The molecule has 0 aliphatic carbocycles. The minimum Gasteiger partial charge on any atom is -0.326 e. The third kappa shape index (κ3) is 4.38. The highest BCUT2D eigenvalue weighted by Crippen LogP contribution is 2.33. The first kappa shape index (κ1) is 20.8. The van der Waals surface area contributed by atoms with E-state index in [0.717, 1.165) is 15.4 Å². The number of amides is 2. The Labute approximate surface area is 170 Å². The maximum atomic E-state index is 12.7. The number of rotatable bonds is 5. The standard InChI is InChI=1S/C21H23N3O4S/c1-15(25)24-12-11-16-7-4-5-10-19(16)20(24)14-21(26)22-17-8-6-9-18(13-17)29(27,28)23(2)3/h4-13,20H,14H2,1-3H3,(H,22,26). The molecule has 1 atom stereocenters. The van der Waals surface area contributed by atoms with Gasteiger partial charge in [0, 0.05) is 32.9 Å². The van der Waals surface area contributed by atoms with Gasteiger partial charge in [-0.05, 0) is 35.4 Å². The second-order valence-corrected chi connectivity index (χ2v) is 9.11. The van der Waals surface area contributed by atoms with E-state index in [2.05, 4.69) is 5.32 Å². The van der Waals surface area contributed by atoms with Gasteiger partial charge < -0.3 is 10.2 Å². The zero-order valence-corrected chi connectivity index (χ0v) is 17.3. The van der Waals surface area contributed by atoms with Gasteiger partial charge >= 0.3 is 0 Å². The molecular weight excluding hydrogens is 390 g/mol. The highest BCUT2D eigenvalue weighted by atomic mass is 32.2. The third-order valence-electron chi connectivity index (χ3n) is 4.74. The van der Waals surface area contributed by atoms with Crippen LogP contribution in [0.4, 0.5) is 5.69 Å². The summed E-state index contributed by atoms with van der Waals surface area (Å²) >= 11 is 0. The SMILES string of the molecule is CC(=O)N1C=Cc2ccccc2C1CC(=O)Nc1cccc(S(=O)(=O)N(C)C)c1. The number of carbonyl (C=O) groups excluding carboxylic acids is 2. The second-order valence-electron chi connectivity index (χ2n) is 6.95. The van der Waals surface area contributed by atoms with Crippen LogP contribution >= 0.6 is 0 Å². The highest BCUT2D eigenvalue weighted by molar-refractivity contribution is 7.89. The normalized spacial score (nSPS) is 15.9. The molecule has 1 unspecified atom stereocenters. The molecule has 152 valence electrons. The van der Waals surface area contributed by atoms with Gasteiger partial charge in [-0.25, -0.2) is 12.7 Å². The van der Waals surface area contributed by atoms with Gasteiger partial charge in [-0.15, -0.1) is 0 Å². The second kappa shape index (κ2) is 8.18. The van der Waals surface area contributed by atoms with E-state index in [0.29, 0.717) is 5.69 Å². The Bertz CT molecular complexity index is 1080. The van der Waals surface area contributed by atoms with Crippen LogP contribution in [0, 0.1) is 0 Å². The topological polar surface area (TPSA) is 86.8 Å². The predicted octanol–water partition coefficient (Wildman–Crippen LogP) is 2.84. The molecule has 0 fully saturated rings. The quantitative estimate of drug-likeness (QED) is 0.817. The average molecular weight is 413 g/mol. The Balaban J connectivity index is 1.82. The molecule has 1 aliphatic rings. The number of fused-ring (bicyclic) bond motifs is 1. The van der Waals surface area contributed by atoms with E-state index < -0.39 is 16.1 Å². The number of benzene rings is 2. The van der Waals surface area contributed by atoms with Gasteiger partial charge in [0.15, 0.2) is 0 Å². The average Bonchev–Trinajstić information content (AvgIpc) is 2.68. The van der Waals surface area contributed by atoms with Crippen molar-refractivity contribution in [3.05, 3.63) is 65.9 Å². The summed E-state index contributed by atoms with van der Waals surface area (Å²) < 4.78 is 25.7. The number of nitrogens with one attached hydrogen (secondary N) is 1. The van der Waals surface area contributed by atoms with Crippen molar-refractivity contribution in [2.45, 2.75) is 24.3 Å². The Hall–Kier alpha value is -2.97. The van der Waals surface area contributed by atoms with Gasteiger partial charge in [0.25, 0.3) is 0 Å². The van der Waals surface area contributed by atoms with Crippen LogP contribution in [0.15, 0.2) is 59.6 Å². The summed E-state index contributed by atoms with van der Waals surface area (Å²) in [7, 11) is -0.704. The zero-order chi connectivity index (χ0) is 21.2. The molecule has 0 bridgehead atoms. The van der Waals surface area contributed by atoms with Crippen LogP contribution in [0.5, 0.6) is 0 Å². The summed E-state index contributed by atoms with van der Waals surface area (Å²) in [4.78, 5) is 26.4. The Morgan fingerprint density at radius 1 is 1.10 bits per heavy atom. The Morgan fingerprint density at radius 3 is 2.52 bits per heavy atom. The largest absolute Gasteiger partial charge is 0.326 e. The zero-order valence-electron chi connectivity index (χ0n) is 16.5. The van der Waals surface area contributed by atoms with Gasteiger partial charge in [0.1, 0.15) is 0 Å². The smallest absolute Gasteiger partial charge is 0.242 e. The van der Waals surface area contributed by atoms with E-state index >= 15 is 0 Å². The van der Waals surface area contributed by atoms with Gasteiger partial charge in [-0.1, -0.05) is 30.3 Å². The van der Waals surface area contributed by atoms with Crippen molar-refractivity contribution in [2.24, 2.45) is 0 Å². The fourth-order valence-corrected chi connectivity index (χ4v) is 4.19. The minimum absolute atomic E-state index is 0.0472. The summed E-state index contributed by atoms with van der Waals surface area (Å²) in [5.41, 5.74) is 2.23. The maximum absolute atomic E-state index is 12.7. The molecule has 0 aromatic heterocycles. The first-order chi connectivity index (χ1) is 13.7. The van der Waals surface area contributed by atoms with Crippen molar-refractivity contribution < 1.29 is 18.0 Å². The molecule has 1 N–H and O–H groups in total.